The van der Waals surface area contributed by atoms with Gasteiger partial charge < -0.3 is 9.72 Å². The standard InChI is InChI=1S/C21H16Cl2N2O3S/c1-29(26,27)20-5-3-2-4-17(20)13-6-7-18-19(8-13)25-21(24-18)12-28-16-10-14(22)9-15(23)11-16/h2-11H,12H2,1H3,(H,24,25). The Balaban J connectivity index is 1.64. The minimum atomic E-state index is -3.34. The van der Waals surface area contributed by atoms with Crippen LogP contribution in [0.2, 0.25) is 10.0 Å². The van der Waals surface area contributed by atoms with Gasteiger partial charge in [0.05, 0.1) is 15.9 Å². The van der Waals surface area contributed by atoms with E-state index in [4.69, 9.17) is 27.9 Å². The second-order valence-electron chi connectivity index (χ2n) is 6.58. The van der Waals surface area contributed by atoms with Crippen molar-refractivity contribution >= 4 is 44.1 Å². The fourth-order valence-electron chi connectivity index (χ4n) is 3.09. The lowest BCUT2D eigenvalue weighted by Gasteiger charge is -2.07. The van der Waals surface area contributed by atoms with Crippen LogP contribution in [0.15, 0.2) is 65.6 Å². The van der Waals surface area contributed by atoms with Gasteiger partial charge in [-0.2, -0.15) is 0 Å². The summed E-state index contributed by atoms with van der Waals surface area (Å²) in [5.74, 6) is 1.18. The summed E-state index contributed by atoms with van der Waals surface area (Å²) in [6.07, 6.45) is 1.21. The van der Waals surface area contributed by atoms with E-state index in [1.807, 2.05) is 24.3 Å². The van der Waals surface area contributed by atoms with Gasteiger partial charge in [0, 0.05) is 21.9 Å². The summed E-state index contributed by atoms with van der Waals surface area (Å²) < 4.78 is 29.9. The fraction of sp³-hybridized carbons (Fsp3) is 0.0952. The van der Waals surface area contributed by atoms with Crippen LogP contribution < -0.4 is 4.74 Å². The minimum absolute atomic E-state index is 0.209. The van der Waals surface area contributed by atoms with Gasteiger partial charge in [-0.15, -0.1) is 0 Å². The summed E-state index contributed by atoms with van der Waals surface area (Å²) in [7, 11) is -3.34. The molecule has 0 saturated heterocycles. The van der Waals surface area contributed by atoms with Crippen LogP contribution in [-0.2, 0) is 16.4 Å². The SMILES string of the molecule is CS(=O)(=O)c1ccccc1-c1ccc2nc(COc3cc(Cl)cc(Cl)c3)[nH]c2c1. The van der Waals surface area contributed by atoms with Crippen LogP contribution in [0.4, 0.5) is 0 Å². The fourth-order valence-corrected chi connectivity index (χ4v) is 4.51. The van der Waals surface area contributed by atoms with Crippen molar-refractivity contribution in [2.45, 2.75) is 11.5 Å². The molecule has 0 amide bonds. The molecular formula is C21H16Cl2N2O3S. The molecule has 0 radical (unpaired) electrons. The Morgan fingerprint density at radius 3 is 2.45 bits per heavy atom. The van der Waals surface area contributed by atoms with E-state index in [1.54, 1.807) is 36.4 Å². The van der Waals surface area contributed by atoms with Gasteiger partial charge in [0.15, 0.2) is 9.84 Å². The highest BCUT2D eigenvalue weighted by molar-refractivity contribution is 7.90. The Kier molecular flexibility index (Phi) is 5.25. The number of ether oxygens (including phenoxy) is 1. The molecule has 0 atom stereocenters. The van der Waals surface area contributed by atoms with Crippen molar-refractivity contribution in [2.75, 3.05) is 6.26 Å². The van der Waals surface area contributed by atoms with E-state index < -0.39 is 9.84 Å². The summed E-state index contributed by atoms with van der Waals surface area (Å²) in [5.41, 5.74) is 2.98. The minimum Gasteiger partial charge on any atom is -0.486 e. The number of halogens is 2. The van der Waals surface area contributed by atoms with Crippen molar-refractivity contribution < 1.29 is 13.2 Å². The summed E-state index contributed by atoms with van der Waals surface area (Å²) in [6.45, 7) is 0.209. The van der Waals surface area contributed by atoms with Gasteiger partial charge in [-0.3, -0.25) is 0 Å². The van der Waals surface area contributed by atoms with Gasteiger partial charge in [0.25, 0.3) is 0 Å². The highest BCUT2D eigenvalue weighted by atomic mass is 35.5. The van der Waals surface area contributed by atoms with Crippen molar-refractivity contribution in [1.29, 1.82) is 0 Å². The van der Waals surface area contributed by atoms with Crippen LogP contribution in [-0.4, -0.2) is 24.6 Å². The smallest absolute Gasteiger partial charge is 0.176 e. The highest BCUT2D eigenvalue weighted by Crippen LogP contribution is 2.30. The van der Waals surface area contributed by atoms with Crippen LogP contribution in [0.3, 0.4) is 0 Å². The molecule has 0 spiro atoms. The Hall–Kier alpha value is -2.54. The molecule has 1 heterocycles. The maximum Gasteiger partial charge on any atom is 0.176 e. The lowest BCUT2D eigenvalue weighted by atomic mass is 10.1. The average molecular weight is 447 g/mol. The van der Waals surface area contributed by atoms with Gasteiger partial charge in [-0.1, -0.05) is 47.5 Å². The third kappa shape index (κ3) is 4.40. The van der Waals surface area contributed by atoms with Crippen LogP contribution in [0.1, 0.15) is 5.82 Å². The van der Waals surface area contributed by atoms with E-state index in [1.165, 1.54) is 6.26 Å². The normalized spacial score (nSPS) is 11.7. The molecule has 1 aromatic heterocycles. The number of aromatic nitrogens is 2. The Labute approximate surface area is 178 Å². The molecule has 0 fully saturated rings. The van der Waals surface area contributed by atoms with Crippen LogP contribution in [0.25, 0.3) is 22.2 Å². The van der Waals surface area contributed by atoms with Crippen molar-refractivity contribution in [2.24, 2.45) is 0 Å². The van der Waals surface area contributed by atoms with Gasteiger partial charge in [0.2, 0.25) is 0 Å². The number of nitrogens with zero attached hydrogens (tertiary/aromatic N) is 1. The van der Waals surface area contributed by atoms with Crippen molar-refractivity contribution in [3.63, 3.8) is 0 Å². The molecule has 0 aliphatic heterocycles. The first-order valence-corrected chi connectivity index (χ1v) is 11.3. The predicted octanol–water partition coefficient (Wildman–Crippen LogP) is 5.52. The Bertz CT molecular complexity index is 1300. The number of H-pyrrole nitrogens is 1. The molecule has 1 N–H and O–H groups in total. The number of fused-ring (bicyclic) bond motifs is 1. The quantitative estimate of drug-likeness (QED) is 0.437. The molecule has 0 aliphatic rings. The van der Waals surface area contributed by atoms with Gasteiger partial charge >= 0.3 is 0 Å². The monoisotopic (exact) mass is 446 g/mol. The molecule has 0 saturated carbocycles. The van der Waals surface area contributed by atoms with Crippen LogP contribution in [0, 0.1) is 0 Å². The largest absolute Gasteiger partial charge is 0.486 e. The van der Waals surface area contributed by atoms with Crippen LogP contribution >= 0.6 is 23.2 Å². The molecule has 0 unspecified atom stereocenters. The second-order valence-corrected chi connectivity index (χ2v) is 9.43. The molecular weight excluding hydrogens is 431 g/mol. The number of nitrogens with one attached hydrogen (secondary N) is 1. The zero-order valence-electron chi connectivity index (χ0n) is 15.3. The number of sulfone groups is 1. The second kappa shape index (κ2) is 7.71. The average Bonchev–Trinajstić information content (AvgIpc) is 3.07. The van der Waals surface area contributed by atoms with E-state index in [0.29, 0.717) is 32.1 Å². The van der Waals surface area contributed by atoms with Crippen LogP contribution in [0.5, 0.6) is 5.75 Å². The predicted molar refractivity (Wildman–Crippen MR) is 115 cm³/mol. The first-order chi connectivity index (χ1) is 13.8. The molecule has 4 aromatic rings. The van der Waals surface area contributed by atoms with Crippen molar-refractivity contribution in [3.8, 4) is 16.9 Å². The number of hydrogen-bond acceptors (Lipinski definition) is 4. The van der Waals surface area contributed by atoms with Gasteiger partial charge in [0.1, 0.15) is 18.2 Å². The zero-order chi connectivity index (χ0) is 20.6. The first kappa shape index (κ1) is 19.8. The third-order valence-electron chi connectivity index (χ3n) is 4.34. The number of benzene rings is 3. The zero-order valence-corrected chi connectivity index (χ0v) is 17.6. The molecule has 8 heteroatoms. The maximum atomic E-state index is 12.1. The van der Waals surface area contributed by atoms with E-state index >= 15 is 0 Å². The van der Waals surface area contributed by atoms with Gasteiger partial charge in [-0.25, -0.2) is 13.4 Å². The summed E-state index contributed by atoms with van der Waals surface area (Å²) >= 11 is 12.0. The van der Waals surface area contributed by atoms with Crippen molar-refractivity contribution in [1.82, 2.24) is 9.97 Å². The molecule has 29 heavy (non-hydrogen) atoms. The Morgan fingerprint density at radius 2 is 1.72 bits per heavy atom. The van der Waals surface area contributed by atoms with E-state index in [0.717, 1.165) is 16.6 Å². The molecule has 0 bridgehead atoms. The number of hydrogen-bond donors (Lipinski definition) is 1. The maximum absolute atomic E-state index is 12.1. The number of aromatic amines is 1. The number of imidazole rings is 1. The van der Waals surface area contributed by atoms with Gasteiger partial charge in [-0.05, 0) is 42.0 Å². The Morgan fingerprint density at radius 1 is 1.00 bits per heavy atom. The summed E-state index contributed by atoms with van der Waals surface area (Å²) in [5, 5.41) is 0.984. The molecule has 5 nitrogen and oxygen atoms in total. The highest BCUT2D eigenvalue weighted by Gasteiger charge is 2.15. The molecule has 0 aliphatic carbocycles. The molecule has 148 valence electrons. The number of rotatable bonds is 5. The third-order valence-corrected chi connectivity index (χ3v) is 5.93. The topological polar surface area (TPSA) is 72.1 Å². The van der Waals surface area contributed by atoms with E-state index in [9.17, 15) is 8.42 Å². The lowest BCUT2D eigenvalue weighted by molar-refractivity contribution is 0.297. The molecule has 3 aromatic carbocycles. The molecule has 4 rings (SSSR count). The first-order valence-electron chi connectivity index (χ1n) is 8.66. The lowest BCUT2D eigenvalue weighted by Crippen LogP contribution is -1.99. The summed E-state index contributed by atoms with van der Waals surface area (Å²) in [4.78, 5) is 8.02. The summed E-state index contributed by atoms with van der Waals surface area (Å²) in [6, 6.07) is 17.5. The van der Waals surface area contributed by atoms with Crippen molar-refractivity contribution in [3.05, 3.63) is 76.5 Å². The van der Waals surface area contributed by atoms with E-state index in [2.05, 4.69) is 9.97 Å². The van der Waals surface area contributed by atoms with E-state index in [-0.39, 0.29) is 6.61 Å².